The van der Waals surface area contributed by atoms with Crippen LogP contribution >= 0.6 is 11.3 Å². The molecule has 0 aromatic carbocycles. The van der Waals surface area contributed by atoms with Crippen molar-refractivity contribution in [2.75, 3.05) is 5.32 Å². The zero-order chi connectivity index (χ0) is 11.0. The smallest absolute Gasteiger partial charge is 0.307 e. The lowest BCUT2D eigenvalue weighted by molar-refractivity contribution is -0.139. The number of anilines is 1. The summed E-state index contributed by atoms with van der Waals surface area (Å²) in [4.78, 5) is 22.0. The van der Waals surface area contributed by atoms with Gasteiger partial charge in [0, 0.05) is 0 Å². The molecule has 0 spiro atoms. The third-order valence-electron chi connectivity index (χ3n) is 2.20. The molecular weight excluding hydrogens is 218 g/mol. The molecule has 0 unspecified atom stereocenters. The lowest BCUT2D eigenvalue weighted by atomic mass is 10.3. The summed E-state index contributed by atoms with van der Waals surface area (Å²) in [6.45, 7) is 1.78. The van der Waals surface area contributed by atoms with Gasteiger partial charge in [0.1, 0.15) is 5.01 Å². The first-order valence-corrected chi connectivity index (χ1v) is 5.23. The van der Waals surface area contributed by atoms with Crippen molar-refractivity contribution in [3.63, 3.8) is 0 Å². The molecule has 1 aliphatic carbocycles. The summed E-state index contributed by atoms with van der Waals surface area (Å²) in [6.07, 6.45) is 0.416. The molecular formula is C8H9N3O3S. The van der Waals surface area contributed by atoms with Gasteiger partial charge in [0.05, 0.1) is 11.8 Å². The Hall–Kier alpha value is -1.50. The van der Waals surface area contributed by atoms with Gasteiger partial charge in [-0.3, -0.25) is 9.59 Å². The van der Waals surface area contributed by atoms with Crippen LogP contribution in [0.5, 0.6) is 0 Å². The fourth-order valence-corrected chi connectivity index (χ4v) is 1.90. The molecule has 2 atom stereocenters. The zero-order valence-corrected chi connectivity index (χ0v) is 8.74. The summed E-state index contributed by atoms with van der Waals surface area (Å²) < 4.78 is 0. The van der Waals surface area contributed by atoms with Gasteiger partial charge in [-0.05, 0) is 13.3 Å². The van der Waals surface area contributed by atoms with Crippen LogP contribution in [0.1, 0.15) is 11.4 Å². The number of aryl methyl sites for hydroxylation is 1. The Bertz CT molecular complexity index is 417. The van der Waals surface area contributed by atoms with Crippen molar-refractivity contribution < 1.29 is 14.7 Å². The van der Waals surface area contributed by atoms with Crippen LogP contribution in [0.25, 0.3) is 0 Å². The SMILES string of the molecule is Cc1nnc(NC(=O)[C@@H]2C[C@@H]2C(=O)O)s1. The van der Waals surface area contributed by atoms with Crippen LogP contribution in [0, 0.1) is 18.8 Å². The number of hydrogen-bond acceptors (Lipinski definition) is 5. The first kappa shape index (κ1) is 10.0. The molecule has 1 saturated carbocycles. The highest BCUT2D eigenvalue weighted by molar-refractivity contribution is 7.15. The van der Waals surface area contributed by atoms with Gasteiger partial charge in [0.2, 0.25) is 11.0 Å². The van der Waals surface area contributed by atoms with E-state index in [0.717, 1.165) is 5.01 Å². The molecule has 1 aromatic heterocycles. The third-order valence-corrected chi connectivity index (χ3v) is 2.95. The first-order valence-electron chi connectivity index (χ1n) is 4.41. The summed E-state index contributed by atoms with van der Waals surface area (Å²) in [7, 11) is 0. The Kier molecular flexibility index (Phi) is 2.39. The maximum absolute atomic E-state index is 11.5. The second-order valence-corrected chi connectivity index (χ2v) is 4.58. The van der Waals surface area contributed by atoms with E-state index in [9.17, 15) is 9.59 Å². The van der Waals surface area contributed by atoms with Gasteiger partial charge in [0.15, 0.2) is 0 Å². The number of amides is 1. The zero-order valence-electron chi connectivity index (χ0n) is 7.93. The van der Waals surface area contributed by atoms with Gasteiger partial charge in [-0.25, -0.2) is 0 Å². The number of carbonyl (C=O) groups excluding carboxylic acids is 1. The lowest BCUT2D eigenvalue weighted by Gasteiger charge is -1.97. The molecule has 6 nitrogen and oxygen atoms in total. The van der Waals surface area contributed by atoms with E-state index in [1.165, 1.54) is 11.3 Å². The minimum Gasteiger partial charge on any atom is -0.481 e. The van der Waals surface area contributed by atoms with Crippen LogP contribution in [0.3, 0.4) is 0 Å². The molecule has 2 rings (SSSR count). The molecule has 1 aliphatic rings. The minimum absolute atomic E-state index is 0.279. The van der Waals surface area contributed by atoms with Crippen LogP contribution in [0.15, 0.2) is 0 Å². The quantitative estimate of drug-likeness (QED) is 0.784. The molecule has 7 heteroatoms. The molecule has 0 radical (unpaired) electrons. The van der Waals surface area contributed by atoms with Crippen LogP contribution in [-0.4, -0.2) is 27.2 Å². The van der Waals surface area contributed by atoms with Gasteiger partial charge < -0.3 is 10.4 Å². The van der Waals surface area contributed by atoms with Gasteiger partial charge in [0.25, 0.3) is 0 Å². The van der Waals surface area contributed by atoms with E-state index >= 15 is 0 Å². The minimum atomic E-state index is -0.913. The molecule has 1 heterocycles. The Balaban J connectivity index is 1.92. The average molecular weight is 227 g/mol. The summed E-state index contributed by atoms with van der Waals surface area (Å²) >= 11 is 1.27. The topological polar surface area (TPSA) is 92.2 Å². The summed E-state index contributed by atoms with van der Waals surface area (Å²) in [5, 5.41) is 19.8. The predicted octanol–water partition coefficient (Wildman–Crippen LogP) is 0.506. The number of nitrogens with one attached hydrogen (secondary N) is 1. The van der Waals surface area contributed by atoms with E-state index in [1.54, 1.807) is 6.92 Å². The maximum atomic E-state index is 11.5. The highest BCUT2D eigenvalue weighted by Gasteiger charge is 2.48. The number of carbonyl (C=O) groups is 2. The van der Waals surface area contributed by atoms with Crippen molar-refractivity contribution in [3.8, 4) is 0 Å². The molecule has 1 fully saturated rings. The number of carboxylic acids is 1. The number of nitrogens with zero attached hydrogens (tertiary/aromatic N) is 2. The highest BCUT2D eigenvalue weighted by atomic mass is 32.1. The van der Waals surface area contributed by atoms with Crippen LogP contribution < -0.4 is 5.32 Å². The second kappa shape index (κ2) is 3.58. The number of hydrogen-bond donors (Lipinski definition) is 2. The molecule has 1 aromatic rings. The summed E-state index contributed by atoms with van der Waals surface area (Å²) in [5.41, 5.74) is 0. The Morgan fingerprint density at radius 2 is 2.20 bits per heavy atom. The molecule has 15 heavy (non-hydrogen) atoms. The Morgan fingerprint density at radius 1 is 1.47 bits per heavy atom. The van der Waals surface area contributed by atoms with E-state index in [2.05, 4.69) is 15.5 Å². The van der Waals surface area contributed by atoms with Gasteiger partial charge in [-0.2, -0.15) is 0 Å². The molecule has 0 saturated heterocycles. The fourth-order valence-electron chi connectivity index (χ4n) is 1.30. The van der Waals surface area contributed by atoms with Crippen LogP contribution in [-0.2, 0) is 9.59 Å². The van der Waals surface area contributed by atoms with Crippen molar-refractivity contribution in [3.05, 3.63) is 5.01 Å². The van der Waals surface area contributed by atoms with Crippen molar-refractivity contribution in [1.82, 2.24) is 10.2 Å². The van der Waals surface area contributed by atoms with E-state index in [0.29, 0.717) is 11.6 Å². The summed E-state index contributed by atoms with van der Waals surface area (Å²) in [5.74, 6) is -2.13. The van der Waals surface area contributed by atoms with E-state index in [-0.39, 0.29) is 5.91 Å². The maximum Gasteiger partial charge on any atom is 0.307 e. The Morgan fingerprint density at radius 3 is 2.67 bits per heavy atom. The molecule has 2 N–H and O–H groups in total. The average Bonchev–Trinajstić information content (AvgIpc) is 2.86. The van der Waals surface area contributed by atoms with Gasteiger partial charge in [-0.1, -0.05) is 11.3 Å². The van der Waals surface area contributed by atoms with E-state index in [1.807, 2.05) is 0 Å². The van der Waals surface area contributed by atoms with Gasteiger partial charge in [-0.15, -0.1) is 10.2 Å². The van der Waals surface area contributed by atoms with E-state index in [4.69, 9.17) is 5.11 Å². The number of carboxylic acid groups (broad SMARTS) is 1. The molecule has 1 amide bonds. The predicted molar refractivity (Wildman–Crippen MR) is 52.5 cm³/mol. The molecule has 80 valence electrons. The Labute approximate surface area is 89.3 Å². The standard InChI is InChI=1S/C8H9N3O3S/c1-3-10-11-8(15-3)9-6(12)4-2-5(4)7(13)14/h4-5H,2H2,1H3,(H,13,14)(H,9,11,12)/t4-,5+/m1/s1. The number of aromatic nitrogens is 2. The summed E-state index contributed by atoms with van der Waals surface area (Å²) in [6, 6.07) is 0. The highest BCUT2D eigenvalue weighted by Crippen LogP contribution is 2.39. The first-order chi connectivity index (χ1) is 7.08. The van der Waals surface area contributed by atoms with Gasteiger partial charge >= 0.3 is 5.97 Å². The third kappa shape index (κ3) is 2.12. The molecule has 0 aliphatic heterocycles. The van der Waals surface area contributed by atoms with Crippen molar-refractivity contribution in [2.45, 2.75) is 13.3 Å². The normalized spacial score (nSPS) is 23.5. The van der Waals surface area contributed by atoms with Crippen molar-refractivity contribution >= 4 is 28.3 Å². The van der Waals surface area contributed by atoms with Crippen LogP contribution in [0.2, 0.25) is 0 Å². The van der Waals surface area contributed by atoms with Crippen molar-refractivity contribution in [1.29, 1.82) is 0 Å². The number of rotatable bonds is 3. The second-order valence-electron chi connectivity index (χ2n) is 3.40. The largest absolute Gasteiger partial charge is 0.481 e. The van der Waals surface area contributed by atoms with Crippen LogP contribution in [0.4, 0.5) is 5.13 Å². The van der Waals surface area contributed by atoms with E-state index < -0.39 is 17.8 Å². The number of aliphatic carboxylic acids is 1. The monoisotopic (exact) mass is 227 g/mol. The molecule has 0 bridgehead atoms. The van der Waals surface area contributed by atoms with Crippen molar-refractivity contribution in [2.24, 2.45) is 11.8 Å². The fraction of sp³-hybridized carbons (Fsp3) is 0.500. The lowest BCUT2D eigenvalue weighted by Crippen LogP contribution is -2.16.